The SMILES string of the molecule is CC(C)(C)C(=O)OCC(=O)OC/C(=C\O)OCC(F)(F)F. The maximum Gasteiger partial charge on any atom is 0.422 e. The van der Waals surface area contributed by atoms with E-state index >= 15 is 0 Å². The Bertz CT molecular complexity index is 395. The highest BCUT2D eigenvalue weighted by Gasteiger charge is 2.29. The summed E-state index contributed by atoms with van der Waals surface area (Å²) in [4.78, 5) is 22.6. The van der Waals surface area contributed by atoms with Gasteiger partial charge in [-0.25, -0.2) is 4.79 Å². The van der Waals surface area contributed by atoms with Gasteiger partial charge in [-0.2, -0.15) is 13.2 Å². The van der Waals surface area contributed by atoms with Crippen LogP contribution in [-0.4, -0.2) is 43.0 Å². The maximum atomic E-state index is 11.9. The molecule has 9 heteroatoms. The normalized spacial score (nSPS) is 12.8. The average molecular weight is 314 g/mol. The lowest BCUT2D eigenvalue weighted by atomic mass is 9.97. The predicted octanol–water partition coefficient (Wildman–Crippen LogP) is 2.10. The number of ether oxygens (including phenoxy) is 3. The Balaban J connectivity index is 4.09. The third-order valence-corrected chi connectivity index (χ3v) is 1.87. The molecular weight excluding hydrogens is 297 g/mol. The Labute approximate surface area is 119 Å². The fourth-order valence-electron chi connectivity index (χ4n) is 0.825. The van der Waals surface area contributed by atoms with Crippen molar-refractivity contribution in [2.75, 3.05) is 19.8 Å². The van der Waals surface area contributed by atoms with Crippen LogP contribution in [0.3, 0.4) is 0 Å². The van der Waals surface area contributed by atoms with Crippen LogP contribution in [0.25, 0.3) is 0 Å². The standard InChI is InChI=1S/C12H17F3O6/c1-11(2,3)10(18)20-6-9(17)19-5-8(4-16)21-7-12(13,14)15/h4,16H,5-7H2,1-3H3/b8-4+. The highest BCUT2D eigenvalue weighted by atomic mass is 19.4. The van der Waals surface area contributed by atoms with E-state index in [0.29, 0.717) is 0 Å². The van der Waals surface area contributed by atoms with Crippen LogP contribution < -0.4 is 0 Å². The monoisotopic (exact) mass is 314 g/mol. The van der Waals surface area contributed by atoms with Gasteiger partial charge in [0.15, 0.2) is 25.6 Å². The lowest BCUT2D eigenvalue weighted by Gasteiger charge is -2.16. The van der Waals surface area contributed by atoms with Crippen molar-refractivity contribution in [3.8, 4) is 0 Å². The lowest BCUT2D eigenvalue weighted by Crippen LogP contribution is -2.26. The van der Waals surface area contributed by atoms with Crippen LogP contribution in [0.15, 0.2) is 12.0 Å². The Hall–Kier alpha value is -1.93. The van der Waals surface area contributed by atoms with Crippen molar-refractivity contribution in [3.05, 3.63) is 12.0 Å². The van der Waals surface area contributed by atoms with Crippen LogP contribution in [0.5, 0.6) is 0 Å². The maximum absolute atomic E-state index is 11.9. The Kier molecular flexibility index (Phi) is 7.04. The van der Waals surface area contributed by atoms with Crippen LogP contribution in [0.1, 0.15) is 20.8 Å². The van der Waals surface area contributed by atoms with Crippen molar-refractivity contribution in [1.82, 2.24) is 0 Å². The van der Waals surface area contributed by atoms with Crippen molar-refractivity contribution in [2.45, 2.75) is 26.9 Å². The number of esters is 2. The van der Waals surface area contributed by atoms with Crippen LogP contribution in [0.2, 0.25) is 0 Å². The van der Waals surface area contributed by atoms with Gasteiger partial charge in [0.1, 0.15) is 6.26 Å². The molecule has 0 saturated heterocycles. The minimum absolute atomic E-state index is 0.250. The second-order valence-corrected chi connectivity index (χ2v) is 4.99. The van der Waals surface area contributed by atoms with Gasteiger partial charge in [-0.15, -0.1) is 0 Å². The topological polar surface area (TPSA) is 82.1 Å². The molecule has 0 atom stereocenters. The van der Waals surface area contributed by atoms with Gasteiger partial charge in [0.25, 0.3) is 0 Å². The molecule has 0 aromatic carbocycles. The number of carbonyl (C=O) groups is 2. The fraction of sp³-hybridized carbons (Fsp3) is 0.667. The molecule has 6 nitrogen and oxygen atoms in total. The number of hydrogen-bond acceptors (Lipinski definition) is 6. The smallest absolute Gasteiger partial charge is 0.422 e. The van der Waals surface area contributed by atoms with Gasteiger partial charge in [0, 0.05) is 0 Å². The first-order valence-electron chi connectivity index (χ1n) is 5.81. The first-order valence-corrected chi connectivity index (χ1v) is 5.81. The summed E-state index contributed by atoms with van der Waals surface area (Å²) in [5, 5.41) is 8.63. The van der Waals surface area contributed by atoms with Gasteiger partial charge < -0.3 is 19.3 Å². The fourth-order valence-corrected chi connectivity index (χ4v) is 0.825. The molecule has 0 unspecified atom stereocenters. The van der Waals surface area contributed by atoms with Gasteiger partial charge in [-0.1, -0.05) is 0 Å². The molecule has 0 bridgehead atoms. The van der Waals surface area contributed by atoms with E-state index in [1.54, 1.807) is 20.8 Å². The molecule has 0 heterocycles. The molecule has 1 N–H and O–H groups in total. The highest BCUT2D eigenvalue weighted by Crippen LogP contribution is 2.17. The molecule has 122 valence electrons. The number of hydrogen-bond donors (Lipinski definition) is 1. The van der Waals surface area contributed by atoms with E-state index in [1.807, 2.05) is 0 Å². The van der Waals surface area contributed by atoms with Gasteiger partial charge >= 0.3 is 18.1 Å². The van der Waals surface area contributed by atoms with Crippen molar-refractivity contribution < 1.29 is 42.1 Å². The summed E-state index contributed by atoms with van der Waals surface area (Å²) in [5.41, 5.74) is -0.799. The second kappa shape index (κ2) is 7.75. The third kappa shape index (κ3) is 9.58. The zero-order chi connectivity index (χ0) is 16.7. The van der Waals surface area contributed by atoms with Crippen molar-refractivity contribution in [2.24, 2.45) is 5.41 Å². The number of rotatable bonds is 6. The van der Waals surface area contributed by atoms with Crippen molar-refractivity contribution >= 4 is 11.9 Å². The van der Waals surface area contributed by atoms with E-state index in [9.17, 15) is 22.8 Å². The minimum atomic E-state index is -4.58. The van der Waals surface area contributed by atoms with E-state index < -0.39 is 49.1 Å². The molecular formula is C12H17F3O6. The summed E-state index contributed by atoms with van der Waals surface area (Å²) in [5.74, 6) is -2.20. The summed E-state index contributed by atoms with van der Waals surface area (Å²) in [6, 6.07) is 0. The molecule has 0 radical (unpaired) electrons. The number of carbonyl (C=O) groups excluding carboxylic acids is 2. The molecule has 0 aromatic heterocycles. The summed E-state index contributed by atoms with van der Waals surface area (Å²) in [7, 11) is 0. The molecule has 0 saturated carbocycles. The molecule has 21 heavy (non-hydrogen) atoms. The average Bonchev–Trinajstić information content (AvgIpc) is 2.33. The van der Waals surface area contributed by atoms with Crippen molar-refractivity contribution in [1.29, 1.82) is 0 Å². The van der Waals surface area contributed by atoms with E-state index in [2.05, 4.69) is 14.2 Å². The summed E-state index contributed by atoms with van der Waals surface area (Å²) in [6.07, 6.45) is -4.33. The zero-order valence-electron chi connectivity index (χ0n) is 11.8. The molecule has 0 aliphatic carbocycles. The zero-order valence-corrected chi connectivity index (χ0v) is 11.8. The quantitative estimate of drug-likeness (QED) is 0.597. The largest absolute Gasteiger partial charge is 0.512 e. The first kappa shape index (κ1) is 19.1. The summed E-state index contributed by atoms with van der Waals surface area (Å²) >= 11 is 0. The predicted molar refractivity (Wildman–Crippen MR) is 64.1 cm³/mol. The number of halogens is 3. The molecule has 0 aliphatic heterocycles. The first-order chi connectivity index (χ1) is 9.45. The minimum Gasteiger partial charge on any atom is -0.512 e. The molecule has 0 spiro atoms. The van der Waals surface area contributed by atoms with Crippen LogP contribution >= 0.6 is 0 Å². The van der Waals surface area contributed by atoms with Crippen LogP contribution in [0.4, 0.5) is 13.2 Å². The van der Waals surface area contributed by atoms with Crippen molar-refractivity contribution in [3.63, 3.8) is 0 Å². The highest BCUT2D eigenvalue weighted by molar-refractivity contribution is 5.79. The Morgan fingerprint density at radius 1 is 1.05 bits per heavy atom. The molecule has 0 aliphatic rings. The van der Waals surface area contributed by atoms with E-state index in [1.165, 1.54) is 0 Å². The van der Waals surface area contributed by atoms with Crippen LogP contribution in [0, 0.1) is 5.41 Å². The molecule has 0 fully saturated rings. The summed E-state index contributed by atoms with van der Waals surface area (Å²) < 4.78 is 48.9. The molecule has 0 amide bonds. The Morgan fingerprint density at radius 3 is 2.05 bits per heavy atom. The molecule has 0 aromatic rings. The van der Waals surface area contributed by atoms with Gasteiger partial charge in [0.2, 0.25) is 0 Å². The number of alkyl halides is 3. The van der Waals surface area contributed by atoms with E-state index in [0.717, 1.165) is 0 Å². The Morgan fingerprint density at radius 2 is 1.62 bits per heavy atom. The lowest BCUT2D eigenvalue weighted by molar-refractivity contribution is -0.170. The van der Waals surface area contributed by atoms with E-state index in [-0.39, 0.29) is 6.26 Å². The van der Waals surface area contributed by atoms with Gasteiger partial charge in [-0.05, 0) is 20.8 Å². The number of aliphatic hydroxyl groups excluding tert-OH is 1. The second-order valence-electron chi connectivity index (χ2n) is 4.99. The van der Waals surface area contributed by atoms with E-state index in [4.69, 9.17) is 5.11 Å². The third-order valence-electron chi connectivity index (χ3n) is 1.87. The van der Waals surface area contributed by atoms with Crippen LogP contribution in [-0.2, 0) is 23.8 Å². The van der Waals surface area contributed by atoms with Gasteiger partial charge in [-0.3, -0.25) is 4.79 Å². The molecule has 0 rings (SSSR count). The van der Waals surface area contributed by atoms with Gasteiger partial charge in [0.05, 0.1) is 5.41 Å². The summed E-state index contributed by atoms with van der Waals surface area (Å²) in [6.45, 7) is 1.72. The number of aliphatic hydroxyl groups is 1.